The van der Waals surface area contributed by atoms with Gasteiger partial charge in [0.25, 0.3) is 0 Å². The Kier molecular flexibility index (Phi) is 3.67. The Morgan fingerprint density at radius 2 is 1.89 bits per heavy atom. The Balaban J connectivity index is 1.80. The monoisotopic (exact) mass is 254 g/mol. The van der Waals surface area contributed by atoms with Crippen molar-refractivity contribution in [1.82, 2.24) is 4.98 Å². The van der Waals surface area contributed by atoms with Crippen LogP contribution in [0.1, 0.15) is 39.0 Å². The summed E-state index contributed by atoms with van der Waals surface area (Å²) in [6.07, 6.45) is 8.81. The summed E-state index contributed by atoms with van der Waals surface area (Å²) in [5, 5.41) is 6.13. The fraction of sp³-hybridized carbons (Fsp3) is 0.471. The van der Waals surface area contributed by atoms with Gasteiger partial charge in [-0.05, 0) is 37.1 Å². The molecule has 2 aromatic rings. The molecule has 0 bridgehead atoms. The average Bonchev–Trinajstić information content (AvgIpc) is 2.48. The maximum atomic E-state index is 4.53. The summed E-state index contributed by atoms with van der Waals surface area (Å²) < 4.78 is 0. The van der Waals surface area contributed by atoms with Crippen LogP contribution in [-0.4, -0.2) is 11.0 Å². The predicted octanol–water partition coefficient (Wildman–Crippen LogP) is 4.62. The third kappa shape index (κ3) is 2.73. The summed E-state index contributed by atoms with van der Waals surface area (Å²) in [4.78, 5) is 4.53. The minimum absolute atomic E-state index is 0.513. The molecule has 19 heavy (non-hydrogen) atoms. The number of rotatable bonds is 3. The molecule has 1 aromatic carbocycles. The number of benzene rings is 1. The van der Waals surface area contributed by atoms with Crippen molar-refractivity contribution in [3.8, 4) is 0 Å². The van der Waals surface area contributed by atoms with Gasteiger partial charge in [0.1, 0.15) is 5.82 Å². The number of hydrogen-bond acceptors (Lipinski definition) is 2. The zero-order valence-electron chi connectivity index (χ0n) is 11.6. The van der Waals surface area contributed by atoms with Gasteiger partial charge in [0.05, 0.1) is 0 Å². The second-order valence-electron chi connectivity index (χ2n) is 5.71. The maximum absolute atomic E-state index is 4.53. The molecule has 1 heterocycles. The average molecular weight is 254 g/mol. The standard InChI is InChI=1S/C17H22N2/c1-13(14-7-3-2-4-8-14)19-17-16-10-6-5-9-15(16)11-12-18-17/h5-6,9-14H,2-4,7-8H2,1H3,(H,18,19). The van der Waals surface area contributed by atoms with Crippen LogP contribution in [0.15, 0.2) is 36.5 Å². The first kappa shape index (κ1) is 12.5. The van der Waals surface area contributed by atoms with Crippen LogP contribution in [0, 0.1) is 5.92 Å². The minimum atomic E-state index is 0.513. The van der Waals surface area contributed by atoms with Gasteiger partial charge in [-0.25, -0.2) is 4.98 Å². The van der Waals surface area contributed by atoms with E-state index >= 15 is 0 Å². The Morgan fingerprint density at radius 3 is 2.74 bits per heavy atom. The van der Waals surface area contributed by atoms with Crippen molar-refractivity contribution in [2.75, 3.05) is 5.32 Å². The molecule has 1 aliphatic rings. The number of fused-ring (bicyclic) bond motifs is 1. The van der Waals surface area contributed by atoms with Gasteiger partial charge in [0.15, 0.2) is 0 Å². The molecular formula is C17H22N2. The van der Waals surface area contributed by atoms with E-state index in [1.807, 2.05) is 6.20 Å². The number of nitrogens with one attached hydrogen (secondary N) is 1. The van der Waals surface area contributed by atoms with Crippen molar-refractivity contribution < 1.29 is 0 Å². The van der Waals surface area contributed by atoms with Crippen molar-refractivity contribution in [3.63, 3.8) is 0 Å². The van der Waals surface area contributed by atoms with Crippen LogP contribution >= 0.6 is 0 Å². The fourth-order valence-corrected chi connectivity index (χ4v) is 3.20. The highest BCUT2D eigenvalue weighted by Gasteiger charge is 2.20. The zero-order valence-corrected chi connectivity index (χ0v) is 11.6. The molecular weight excluding hydrogens is 232 g/mol. The van der Waals surface area contributed by atoms with Crippen molar-refractivity contribution in [2.45, 2.75) is 45.1 Å². The molecule has 2 heteroatoms. The number of aromatic nitrogens is 1. The first-order valence-electron chi connectivity index (χ1n) is 7.45. The van der Waals surface area contributed by atoms with Crippen molar-refractivity contribution >= 4 is 16.6 Å². The quantitative estimate of drug-likeness (QED) is 0.864. The topological polar surface area (TPSA) is 24.9 Å². The predicted molar refractivity (Wildman–Crippen MR) is 81.4 cm³/mol. The van der Waals surface area contributed by atoms with Gasteiger partial charge in [0.2, 0.25) is 0 Å². The smallest absolute Gasteiger partial charge is 0.134 e. The number of pyridine rings is 1. The molecule has 1 aliphatic carbocycles. The molecule has 2 nitrogen and oxygen atoms in total. The highest BCUT2D eigenvalue weighted by Crippen LogP contribution is 2.29. The maximum Gasteiger partial charge on any atom is 0.134 e. The lowest BCUT2D eigenvalue weighted by molar-refractivity contribution is 0.328. The summed E-state index contributed by atoms with van der Waals surface area (Å²) in [7, 11) is 0. The largest absolute Gasteiger partial charge is 0.367 e. The highest BCUT2D eigenvalue weighted by molar-refractivity contribution is 5.91. The molecule has 100 valence electrons. The summed E-state index contributed by atoms with van der Waals surface area (Å²) in [5.41, 5.74) is 0. The van der Waals surface area contributed by atoms with E-state index in [-0.39, 0.29) is 0 Å². The second kappa shape index (κ2) is 5.60. The third-order valence-electron chi connectivity index (χ3n) is 4.39. The second-order valence-corrected chi connectivity index (χ2v) is 5.71. The van der Waals surface area contributed by atoms with E-state index in [0.717, 1.165) is 11.7 Å². The third-order valence-corrected chi connectivity index (χ3v) is 4.39. The molecule has 0 aliphatic heterocycles. The molecule has 1 fully saturated rings. The Labute approximate surface area is 115 Å². The van der Waals surface area contributed by atoms with E-state index in [0.29, 0.717) is 6.04 Å². The molecule has 3 rings (SSSR count). The summed E-state index contributed by atoms with van der Waals surface area (Å²) in [6, 6.07) is 11.0. The molecule has 0 amide bonds. The number of anilines is 1. The molecule has 1 unspecified atom stereocenters. The Morgan fingerprint density at radius 1 is 1.11 bits per heavy atom. The fourth-order valence-electron chi connectivity index (χ4n) is 3.20. The first-order valence-corrected chi connectivity index (χ1v) is 7.45. The van der Waals surface area contributed by atoms with Gasteiger partial charge in [-0.15, -0.1) is 0 Å². The molecule has 1 N–H and O–H groups in total. The van der Waals surface area contributed by atoms with Crippen LogP contribution in [0.4, 0.5) is 5.82 Å². The lowest BCUT2D eigenvalue weighted by Crippen LogP contribution is -2.28. The molecule has 0 saturated heterocycles. The van der Waals surface area contributed by atoms with Gasteiger partial charge in [-0.3, -0.25) is 0 Å². The van der Waals surface area contributed by atoms with E-state index in [2.05, 4.69) is 47.6 Å². The van der Waals surface area contributed by atoms with Crippen LogP contribution in [-0.2, 0) is 0 Å². The van der Waals surface area contributed by atoms with Crippen molar-refractivity contribution in [3.05, 3.63) is 36.5 Å². The summed E-state index contributed by atoms with van der Waals surface area (Å²) in [6.45, 7) is 2.31. The van der Waals surface area contributed by atoms with Gasteiger partial charge < -0.3 is 5.32 Å². The molecule has 1 aromatic heterocycles. The Bertz CT molecular complexity index is 538. The van der Waals surface area contributed by atoms with E-state index < -0.39 is 0 Å². The van der Waals surface area contributed by atoms with Crippen LogP contribution in [0.2, 0.25) is 0 Å². The number of hydrogen-bond donors (Lipinski definition) is 1. The van der Waals surface area contributed by atoms with Crippen molar-refractivity contribution in [2.24, 2.45) is 5.92 Å². The van der Waals surface area contributed by atoms with Crippen LogP contribution < -0.4 is 5.32 Å². The van der Waals surface area contributed by atoms with E-state index in [4.69, 9.17) is 0 Å². The molecule has 0 radical (unpaired) electrons. The summed E-state index contributed by atoms with van der Waals surface area (Å²) in [5.74, 6) is 1.84. The lowest BCUT2D eigenvalue weighted by Gasteiger charge is -2.28. The van der Waals surface area contributed by atoms with E-state index in [1.165, 1.54) is 42.9 Å². The van der Waals surface area contributed by atoms with Crippen LogP contribution in [0.5, 0.6) is 0 Å². The lowest BCUT2D eigenvalue weighted by atomic mass is 9.84. The summed E-state index contributed by atoms with van der Waals surface area (Å²) >= 11 is 0. The van der Waals surface area contributed by atoms with Gasteiger partial charge in [-0.2, -0.15) is 0 Å². The van der Waals surface area contributed by atoms with Gasteiger partial charge in [-0.1, -0.05) is 43.5 Å². The van der Waals surface area contributed by atoms with Gasteiger partial charge in [0, 0.05) is 17.6 Å². The van der Waals surface area contributed by atoms with E-state index in [9.17, 15) is 0 Å². The minimum Gasteiger partial charge on any atom is -0.367 e. The SMILES string of the molecule is CC(Nc1nccc2ccccc12)C1CCCCC1. The first-order chi connectivity index (χ1) is 9.34. The van der Waals surface area contributed by atoms with Crippen LogP contribution in [0.25, 0.3) is 10.8 Å². The van der Waals surface area contributed by atoms with E-state index in [1.54, 1.807) is 0 Å². The van der Waals surface area contributed by atoms with Gasteiger partial charge >= 0.3 is 0 Å². The molecule has 0 spiro atoms. The molecule has 1 saturated carbocycles. The highest BCUT2D eigenvalue weighted by atomic mass is 15.0. The normalized spacial score (nSPS) is 18.4. The van der Waals surface area contributed by atoms with Crippen LogP contribution in [0.3, 0.4) is 0 Å². The number of nitrogens with zero attached hydrogens (tertiary/aromatic N) is 1. The molecule has 1 atom stereocenters. The zero-order chi connectivity index (χ0) is 13.1. The van der Waals surface area contributed by atoms with Crippen molar-refractivity contribution in [1.29, 1.82) is 0 Å². The Hall–Kier alpha value is -1.57.